The topological polar surface area (TPSA) is 92.6 Å². The van der Waals surface area contributed by atoms with Gasteiger partial charge in [0.2, 0.25) is 5.91 Å². The number of pyridine rings is 1. The van der Waals surface area contributed by atoms with Crippen molar-refractivity contribution in [2.24, 2.45) is 13.0 Å². The first-order chi connectivity index (χ1) is 14.0. The first-order valence-electron chi connectivity index (χ1n) is 9.90. The van der Waals surface area contributed by atoms with Crippen LogP contribution in [0.3, 0.4) is 0 Å². The maximum Gasteiger partial charge on any atom is 0.254 e. The van der Waals surface area contributed by atoms with Gasteiger partial charge in [0.25, 0.3) is 5.91 Å². The Morgan fingerprint density at radius 3 is 2.76 bits per heavy atom. The van der Waals surface area contributed by atoms with Crippen molar-refractivity contribution in [1.82, 2.24) is 19.7 Å². The van der Waals surface area contributed by atoms with Gasteiger partial charge < -0.3 is 19.9 Å². The molecule has 29 heavy (non-hydrogen) atoms. The summed E-state index contributed by atoms with van der Waals surface area (Å²) < 4.78 is 7.10. The van der Waals surface area contributed by atoms with Crippen molar-refractivity contribution in [3.05, 3.63) is 35.8 Å². The highest BCUT2D eigenvalue weighted by Gasteiger charge is 2.32. The quantitative estimate of drug-likeness (QED) is 0.828. The number of hydrogen-bond acceptors (Lipinski definition) is 6. The lowest BCUT2D eigenvalue weighted by Gasteiger charge is -2.28. The lowest BCUT2D eigenvalue weighted by atomic mass is 10.1. The number of morpholine rings is 1. The van der Waals surface area contributed by atoms with Crippen LogP contribution in [0.25, 0.3) is 0 Å². The second-order valence-corrected chi connectivity index (χ2v) is 7.50. The predicted octanol–water partition coefficient (Wildman–Crippen LogP) is 1.06. The van der Waals surface area contributed by atoms with Gasteiger partial charge in [-0.15, -0.1) is 0 Å². The zero-order valence-electron chi connectivity index (χ0n) is 16.8. The van der Waals surface area contributed by atoms with E-state index < -0.39 is 0 Å². The number of aromatic nitrogens is 3. The summed E-state index contributed by atoms with van der Waals surface area (Å²) in [7, 11) is 1.83. The molecular formula is C20H26N6O3. The molecule has 154 valence electrons. The molecule has 0 aliphatic carbocycles. The summed E-state index contributed by atoms with van der Waals surface area (Å²) in [5.41, 5.74) is 2.22. The molecule has 1 atom stereocenters. The Kier molecular flexibility index (Phi) is 5.48. The van der Waals surface area contributed by atoms with Gasteiger partial charge in [0.05, 0.1) is 36.7 Å². The molecular weight excluding hydrogens is 372 g/mol. The van der Waals surface area contributed by atoms with Gasteiger partial charge in [-0.1, -0.05) is 0 Å². The Balaban J connectivity index is 1.39. The fraction of sp³-hybridized carbons (Fsp3) is 0.500. The fourth-order valence-corrected chi connectivity index (χ4v) is 3.71. The smallest absolute Gasteiger partial charge is 0.254 e. The lowest BCUT2D eigenvalue weighted by molar-refractivity contribution is -0.119. The third-order valence-corrected chi connectivity index (χ3v) is 5.67. The molecule has 2 aromatic heterocycles. The van der Waals surface area contributed by atoms with Crippen LogP contribution in [-0.4, -0.2) is 70.9 Å². The number of rotatable bonds is 4. The van der Waals surface area contributed by atoms with E-state index in [1.54, 1.807) is 28.0 Å². The molecule has 2 aromatic rings. The van der Waals surface area contributed by atoms with E-state index in [0.29, 0.717) is 44.0 Å². The largest absolute Gasteiger partial charge is 0.378 e. The van der Waals surface area contributed by atoms with Crippen molar-refractivity contribution in [2.75, 3.05) is 49.6 Å². The maximum atomic E-state index is 13.0. The minimum absolute atomic E-state index is 0.0604. The standard InChI is InChI=1S/C20H26N6O3/c1-14-17(12-22-24(14)2)23-19(27)16-4-6-26(13-16)20(28)15-3-5-21-18(11-15)25-7-9-29-10-8-25/h3,5,11-12,16H,4,6-10,13H2,1-2H3,(H,23,27). The van der Waals surface area contributed by atoms with E-state index in [1.807, 2.05) is 20.0 Å². The summed E-state index contributed by atoms with van der Waals surface area (Å²) >= 11 is 0. The number of anilines is 2. The van der Waals surface area contributed by atoms with Crippen LogP contribution in [0, 0.1) is 12.8 Å². The highest BCUT2D eigenvalue weighted by atomic mass is 16.5. The van der Waals surface area contributed by atoms with Gasteiger partial charge in [-0.05, 0) is 25.5 Å². The van der Waals surface area contributed by atoms with E-state index in [0.717, 1.165) is 24.6 Å². The molecule has 1 N–H and O–H groups in total. The number of nitrogens with one attached hydrogen (secondary N) is 1. The number of amides is 2. The highest BCUT2D eigenvalue weighted by molar-refractivity contribution is 5.97. The molecule has 0 radical (unpaired) electrons. The van der Waals surface area contributed by atoms with Gasteiger partial charge in [-0.2, -0.15) is 5.10 Å². The van der Waals surface area contributed by atoms with Crippen LogP contribution in [0.2, 0.25) is 0 Å². The van der Waals surface area contributed by atoms with E-state index in [-0.39, 0.29) is 17.7 Å². The second kappa shape index (κ2) is 8.20. The van der Waals surface area contributed by atoms with Crippen molar-refractivity contribution in [2.45, 2.75) is 13.3 Å². The molecule has 0 saturated carbocycles. The van der Waals surface area contributed by atoms with Gasteiger partial charge in [0.1, 0.15) is 5.82 Å². The zero-order chi connectivity index (χ0) is 20.4. The number of ether oxygens (including phenoxy) is 1. The number of aryl methyl sites for hydroxylation is 1. The summed E-state index contributed by atoms with van der Waals surface area (Å²) in [6.07, 6.45) is 3.97. The predicted molar refractivity (Wildman–Crippen MR) is 108 cm³/mol. The van der Waals surface area contributed by atoms with Gasteiger partial charge in [0, 0.05) is 45.0 Å². The van der Waals surface area contributed by atoms with Crippen LogP contribution >= 0.6 is 0 Å². The number of hydrogen-bond donors (Lipinski definition) is 1. The van der Waals surface area contributed by atoms with Crippen LogP contribution in [0.5, 0.6) is 0 Å². The van der Waals surface area contributed by atoms with Crippen LogP contribution in [-0.2, 0) is 16.6 Å². The Bertz CT molecular complexity index is 905. The Morgan fingerprint density at radius 1 is 1.24 bits per heavy atom. The summed E-state index contributed by atoms with van der Waals surface area (Å²) in [6.45, 7) is 5.76. The molecule has 0 bridgehead atoms. The molecule has 1 unspecified atom stereocenters. The van der Waals surface area contributed by atoms with Crippen LogP contribution in [0.4, 0.5) is 11.5 Å². The zero-order valence-corrected chi connectivity index (χ0v) is 16.8. The van der Waals surface area contributed by atoms with Crippen molar-refractivity contribution in [3.8, 4) is 0 Å². The molecule has 9 heteroatoms. The van der Waals surface area contributed by atoms with Crippen molar-refractivity contribution >= 4 is 23.3 Å². The first kappa shape index (κ1) is 19.4. The molecule has 4 rings (SSSR count). The first-order valence-corrected chi connectivity index (χ1v) is 9.90. The fourth-order valence-electron chi connectivity index (χ4n) is 3.71. The van der Waals surface area contributed by atoms with E-state index in [2.05, 4.69) is 20.3 Å². The second-order valence-electron chi connectivity index (χ2n) is 7.50. The van der Waals surface area contributed by atoms with Gasteiger partial charge in [0.15, 0.2) is 0 Å². The van der Waals surface area contributed by atoms with Gasteiger partial charge in [-0.3, -0.25) is 14.3 Å². The Morgan fingerprint density at radius 2 is 2.03 bits per heavy atom. The summed E-state index contributed by atoms with van der Waals surface area (Å²) in [4.78, 5) is 33.9. The summed E-state index contributed by atoms with van der Waals surface area (Å²) in [5.74, 6) is 0.439. The van der Waals surface area contributed by atoms with Crippen molar-refractivity contribution in [3.63, 3.8) is 0 Å². The third kappa shape index (κ3) is 4.09. The van der Waals surface area contributed by atoms with Crippen LogP contribution in [0.15, 0.2) is 24.5 Å². The van der Waals surface area contributed by atoms with Gasteiger partial charge >= 0.3 is 0 Å². The van der Waals surface area contributed by atoms with Crippen LogP contribution in [0.1, 0.15) is 22.5 Å². The average Bonchev–Trinajstić information content (AvgIpc) is 3.37. The molecule has 2 saturated heterocycles. The van der Waals surface area contributed by atoms with Crippen LogP contribution < -0.4 is 10.2 Å². The molecule has 4 heterocycles. The van der Waals surface area contributed by atoms with Crippen molar-refractivity contribution in [1.29, 1.82) is 0 Å². The monoisotopic (exact) mass is 398 g/mol. The van der Waals surface area contributed by atoms with E-state index in [9.17, 15) is 9.59 Å². The SMILES string of the molecule is Cc1c(NC(=O)C2CCN(C(=O)c3ccnc(N4CCOCC4)c3)C2)cnn1C. The number of carbonyl (C=O) groups excluding carboxylic acids is 2. The molecule has 2 aliphatic heterocycles. The Hall–Kier alpha value is -2.94. The van der Waals surface area contributed by atoms with E-state index in [1.165, 1.54) is 0 Å². The minimum atomic E-state index is -0.223. The van der Waals surface area contributed by atoms with E-state index in [4.69, 9.17) is 4.74 Å². The molecule has 2 aliphatic rings. The number of likely N-dealkylation sites (tertiary alicyclic amines) is 1. The molecule has 0 spiro atoms. The third-order valence-electron chi connectivity index (χ3n) is 5.67. The molecule has 0 aromatic carbocycles. The number of carbonyl (C=O) groups is 2. The normalized spacial score (nSPS) is 19.4. The molecule has 2 fully saturated rings. The lowest BCUT2D eigenvalue weighted by Crippen LogP contribution is -2.37. The Labute approximate surface area is 169 Å². The maximum absolute atomic E-state index is 13.0. The van der Waals surface area contributed by atoms with E-state index >= 15 is 0 Å². The minimum Gasteiger partial charge on any atom is -0.378 e. The summed E-state index contributed by atoms with van der Waals surface area (Å²) in [5, 5.41) is 7.08. The molecule has 9 nitrogen and oxygen atoms in total. The summed E-state index contributed by atoms with van der Waals surface area (Å²) in [6, 6.07) is 3.57. The van der Waals surface area contributed by atoms with Gasteiger partial charge in [-0.25, -0.2) is 4.98 Å². The number of nitrogens with zero attached hydrogens (tertiary/aromatic N) is 5. The van der Waals surface area contributed by atoms with Crippen molar-refractivity contribution < 1.29 is 14.3 Å². The molecule has 2 amide bonds. The highest BCUT2D eigenvalue weighted by Crippen LogP contribution is 2.23. The average molecular weight is 398 g/mol.